The maximum atomic E-state index is 5.58. The number of rotatable bonds is 4. The van der Waals surface area contributed by atoms with Crippen LogP contribution in [0.15, 0.2) is 170 Å². The Kier molecular flexibility index (Phi) is 14.8. The van der Waals surface area contributed by atoms with E-state index >= 15 is 0 Å². The summed E-state index contributed by atoms with van der Waals surface area (Å²) >= 11 is 0. The summed E-state index contributed by atoms with van der Waals surface area (Å²) in [5.41, 5.74) is 19.1. The van der Waals surface area contributed by atoms with Crippen molar-refractivity contribution in [1.82, 2.24) is 19.9 Å². The van der Waals surface area contributed by atoms with E-state index in [4.69, 9.17) is 19.9 Å². The molecule has 4 aromatic carbocycles. The summed E-state index contributed by atoms with van der Waals surface area (Å²) in [6.07, 6.45) is 16.9. The monoisotopic (exact) mass is 1080 g/mol. The zero-order valence-corrected chi connectivity index (χ0v) is 43.8. The molecule has 0 aliphatic carbocycles. The molecule has 0 amide bonds. The molecule has 9 heterocycles. The topological polar surface area (TPSA) is 69.5 Å². The molecule has 0 N–H and O–H groups in total. The molecule has 2 aliphatic rings. The predicted octanol–water partition coefficient (Wildman–Crippen LogP) is -1.49. The molecule has 13 rings (SSSR count). The third kappa shape index (κ3) is 8.97. The van der Waals surface area contributed by atoms with E-state index in [1.807, 2.05) is 0 Å². The van der Waals surface area contributed by atoms with Crippen LogP contribution in [0.1, 0.15) is 22.8 Å². The molecule has 0 atom stereocenters. The van der Waals surface area contributed by atoms with Gasteiger partial charge in [0.1, 0.15) is 28.2 Å². The summed E-state index contributed by atoms with van der Waals surface area (Å²) in [6.45, 7) is 0. The van der Waals surface area contributed by atoms with Gasteiger partial charge in [0, 0.05) is 70.1 Å². The quantitative estimate of drug-likeness (QED) is 0.159. The molecule has 13 heteroatoms. The van der Waals surface area contributed by atoms with E-state index in [0.717, 1.165) is 133 Å². The van der Waals surface area contributed by atoms with Crippen LogP contribution in [-0.4, -0.2) is 9.97 Å². The van der Waals surface area contributed by atoms with Crippen LogP contribution in [0.5, 0.6) is 0 Å². The number of halogens is 4. The van der Waals surface area contributed by atoms with Gasteiger partial charge in [-0.3, -0.25) is 0 Å². The Morgan fingerprint density at radius 2 is 0.603 bits per heavy atom. The van der Waals surface area contributed by atoms with Crippen LogP contribution in [0.25, 0.3) is 134 Å². The molecule has 7 aromatic heterocycles. The third-order valence-electron chi connectivity index (χ3n) is 13.7. The van der Waals surface area contributed by atoms with Gasteiger partial charge in [-0.2, -0.15) is 0 Å². The van der Waals surface area contributed by atoms with Gasteiger partial charge in [-0.25, -0.2) is 28.2 Å². The Labute approximate surface area is 457 Å². The molecule has 0 spiro atoms. The van der Waals surface area contributed by atoms with Crippen molar-refractivity contribution in [2.45, 2.75) is 0 Å². The number of pyridine rings is 4. The van der Waals surface area contributed by atoms with Gasteiger partial charge in [0.05, 0.1) is 22.8 Å². The Hall–Kier alpha value is -7.20. The van der Waals surface area contributed by atoms with E-state index in [2.05, 4.69) is 241 Å². The Morgan fingerprint density at radius 1 is 0.315 bits per heavy atom. The van der Waals surface area contributed by atoms with Gasteiger partial charge in [-0.1, -0.05) is 30.3 Å². The number of aryl methyl sites for hydroxylation is 4. The van der Waals surface area contributed by atoms with Crippen molar-refractivity contribution in [1.29, 1.82) is 0 Å². The first-order valence-electron chi connectivity index (χ1n) is 22.9. The maximum Gasteiger partial charge on any atom is 2.00 e. The molecule has 363 valence electrons. The normalized spacial score (nSPS) is 11.5. The standard InChI is InChI=1S/C60H44N8.4ClH.Cu/c1-65-29-6-10-38-33-41(15-26-53(38)65)57-45-18-20-47(61-45)58(42-16-27-54-39(34-42)11-7-30-66(54)2)49-22-24-51(63-49)60(44-14-13-37-9-5-32-68(4)56(37)36-44)52-25-23-50(64-52)59(48-21-19-46(57)62-48)43-17-28-55-40(35-43)12-8-31-67(55)3;;;;;/h5-36H,1-4H3;4*1H;/q+2;;;;;+2/p-4. The SMILES string of the molecule is C[n+]1cccc2cc(-c3c4nc(c(-c5ccc6c(ccc[n+]6C)c5)c5ccc([n-]5)c(-c5ccc6ccc[n+](C)c6c5)c5nc(c(-c6ccc7c(ccc[n+]7C)c6)c6ccc3[n-]6)C=C5)C=C4)ccc21.[Cl-].[Cl-].[Cl-].[Cl-].[Cu+2]. The van der Waals surface area contributed by atoms with Crippen LogP contribution < -0.4 is 77.9 Å². The van der Waals surface area contributed by atoms with Crippen LogP contribution in [0.4, 0.5) is 0 Å². The first-order valence-corrected chi connectivity index (χ1v) is 22.9. The molecule has 11 aromatic rings. The van der Waals surface area contributed by atoms with Crippen molar-refractivity contribution in [2.75, 3.05) is 0 Å². The first-order chi connectivity index (χ1) is 33.3. The van der Waals surface area contributed by atoms with Crippen LogP contribution in [0.2, 0.25) is 0 Å². The Bertz CT molecular complexity index is 4150. The number of benzene rings is 4. The van der Waals surface area contributed by atoms with Gasteiger partial charge >= 0.3 is 17.1 Å². The van der Waals surface area contributed by atoms with E-state index in [0.29, 0.717) is 0 Å². The van der Waals surface area contributed by atoms with Crippen molar-refractivity contribution in [3.8, 4) is 44.5 Å². The summed E-state index contributed by atoms with van der Waals surface area (Å²) < 4.78 is 8.63. The molecular formula is C60H44Cl4CuN8. The minimum atomic E-state index is 0. The molecule has 73 heavy (non-hydrogen) atoms. The van der Waals surface area contributed by atoms with Crippen molar-refractivity contribution in [2.24, 2.45) is 28.2 Å². The predicted molar refractivity (Wildman–Crippen MR) is 273 cm³/mol. The average Bonchev–Trinajstić information content (AvgIpc) is 4.21. The van der Waals surface area contributed by atoms with Gasteiger partial charge < -0.3 is 59.6 Å². The van der Waals surface area contributed by atoms with Crippen LogP contribution >= 0.6 is 0 Å². The van der Waals surface area contributed by atoms with Crippen molar-refractivity contribution in [3.05, 3.63) is 193 Å². The van der Waals surface area contributed by atoms with Crippen molar-refractivity contribution >= 4 is 90.0 Å². The number of hydrogen-bond acceptors (Lipinski definition) is 2. The van der Waals surface area contributed by atoms with Crippen LogP contribution in [0.3, 0.4) is 0 Å². The minimum Gasteiger partial charge on any atom is -1.00 e. The Balaban J connectivity index is 0.00000142. The fraction of sp³-hybridized carbons (Fsp3) is 0.0667. The summed E-state index contributed by atoms with van der Waals surface area (Å²) in [5.74, 6) is 0. The second-order valence-electron chi connectivity index (χ2n) is 17.9. The summed E-state index contributed by atoms with van der Waals surface area (Å²) in [6, 6.07) is 52.2. The smallest absolute Gasteiger partial charge is 1.00 e. The summed E-state index contributed by atoms with van der Waals surface area (Å²) in [5, 5.41) is 4.56. The minimum absolute atomic E-state index is 0. The molecule has 0 saturated carbocycles. The molecule has 8 nitrogen and oxygen atoms in total. The van der Waals surface area contributed by atoms with Crippen molar-refractivity contribution in [3.63, 3.8) is 0 Å². The molecule has 0 fully saturated rings. The Morgan fingerprint density at radius 3 is 0.945 bits per heavy atom. The molecule has 0 unspecified atom stereocenters. The van der Waals surface area contributed by atoms with E-state index in [1.54, 1.807) is 0 Å². The van der Waals surface area contributed by atoms with E-state index in [-0.39, 0.29) is 66.7 Å². The van der Waals surface area contributed by atoms with Crippen molar-refractivity contribution < 1.29 is 85.0 Å². The summed E-state index contributed by atoms with van der Waals surface area (Å²) in [7, 11) is 8.34. The van der Waals surface area contributed by atoms with Gasteiger partial charge in [0.25, 0.3) is 0 Å². The third-order valence-corrected chi connectivity index (χ3v) is 13.7. The number of nitrogens with zero attached hydrogens (tertiary/aromatic N) is 8. The maximum absolute atomic E-state index is 5.58. The molecule has 1 radical (unpaired) electrons. The number of fused-ring (bicyclic) bond motifs is 12. The zero-order chi connectivity index (χ0) is 45.6. The molecule has 2 aliphatic heterocycles. The van der Waals surface area contributed by atoms with Crippen LogP contribution in [-0.2, 0) is 45.3 Å². The van der Waals surface area contributed by atoms with Gasteiger partial charge in [0.2, 0.25) is 22.1 Å². The number of aromatic nitrogens is 8. The average molecular weight is 1080 g/mol. The number of hydrogen-bond donors (Lipinski definition) is 0. The second-order valence-corrected chi connectivity index (χ2v) is 17.9. The van der Waals surface area contributed by atoms with Gasteiger partial charge in [0.15, 0.2) is 24.8 Å². The van der Waals surface area contributed by atoms with Gasteiger partial charge in [-0.05, 0) is 136 Å². The largest absolute Gasteiger partial charge is 2.00 e. The zero-order valence-electron chi connectivity index (χ0n) is 39.9. The second kappa shape index (κ2) is 20.7. The fourth-order valence-electron chi connectivity index (χ4n) is 10.3. The first kappa shape index (κ1) is 52.1. The van der Waals surface area contributed by atoms with E-state index < -0.39 is 0 Å². The fourth-order valence-corrected chi connectivity index (χ4v) is 10.3. The van der Waals surface area contributed by atoms with Crippen LogP contribution in [0, 0.1) is 0 Å². The molecule has 8 bridgehead atoms. The van der Waals surface area contributed by atoms with Gasteiger partial charge in [-0.15, -0.1) is 22.1 Å². The van der Waals surface area contributed by atoms with E-state index in [1.165, 1.54) is 0 Å². The van der Waals surface area contributed by atoms with E-state index in [9.17, 15) is 0 Å². The molecular weight excluding hydrogens is 1040 g/mol. The molecule has 0 saturated heterocycles. The summed E-state index contributed by atoms with van der Waals surface area (Å²) in [4.78, 5) is 22.3.